The number of carbonyl (C=O) groups is 1. The Hall–Kier alpha value is -1.68. The molecule has 6 rings (SSSR count). The minimum atomic E-state index is -0.269. The van der Waals surface area contributed by atoms with E-state index in [1.807, 2.05) is 18.0 Å². The maximum absolute atomic E-state index is 13.6. The molecule has 4 fully saturated rings. The van der Waals surface area contributed by atoms with Gasteiger partial charge in [-0.15, -0.1) is 0 Å². The number of halogens is 1. The van der Waals surface area contributed by atoms with Crippen LogP contribution in [0.4, 0.5) is 4.39 Å². The number of carbonyl (C=O) groups excluding carboxylic acids is 1. The Balaban J connectivity index is 1.17. The number of nitrogens with zero attached hydrogens (tertiary/aromatic N) is 2. The summed E-state index contributed by atoms with van der Waals surface area (Å²) in [6, 6.07) is 7.48. The van der Waals surface area contributed by atoms with Crippen molar-refractivity contribution >= 4 is 5.91 Å². The van der Waals surface area contributed by atoms with Gasteiger partial charge < -0.3 is 9.80 Å². The molecule has 5 aliphatic rings. The Morgan fingerprint density at radius 2 is 1.94 bits per heavy atom. The largest absolute Gasteiger partial charge is 0.342 e. The van der Waals surface area contributed by atoms with Crippen LogP contribution in [-0.2, 0) is 11.2 Å². The molecular formula is C31H43FN2O. The zero-order valence-electron chi connectivity index (χ0n) is 22.1. The molecule has 35 heavy (non-hydrogen) atoms. The van der Waals surface area contributed by atoms with Crippen LogP contribution in [0.25, 0.3) is 0 Å². The van der Waals surface area contributed by atoms with Gasteiger partial charge in [-0.25, -0.2) is 4.39 Å². The number of likely N-dealkylation sites (tertiary alicyclic amines) is 1. The fraction of sp³-hybridized carbons (Fsp3) is 0.710. The lowest BCUT2D eigenvalue weighted by molar-refractivity contribution is -0.132. The SMILES string of the molecule is C[C@H]1C2CCC3[C@@H]4CC=C5C[C@@H](N(C)C(=O)Cc6cccc(F)c6)CC[C@]5(C)C4CC[C@@]32CN1C. The van der Waals surface area contributed by atoms with Crippen LogP contribution in [0.5, 0.6) is 0 Å². The molecule has 8 atom stereocenters. The summed E-state index contributed by atoms with van der Waals surface area (Å²) >= 11 is 0. The predicted molar refractivity (Wildman–Crippen MR) is 138 cm³/mol. The maximum atomic E-state index is 13.6. The number of fused-ring (bicyclic) bond motifs is 4. The first-order valence-corrected chi connectivity index (χ1v) is 14.1. The van der Waals surface area contributed by atoms with Crippen molar-refractivity contribution in [2.24, 2.45) is 34.5 Å². The molecule has 0 N–H and O–H groups in total. The molecule has 4 heteroatoms. The molecule has 1 amide bonds. The summed E-state index contributed by atoms with van der Waals surface area (Å²) in [5.74, 6) is 3.31. The topological polar surface area (TPSA) is 23.6 Å². The maximum Gasteiger partial charge on any atom is 0.226 e. The molecule has 0 radical (unpaired) electrons. The highest BCUT2D eigenvalue weighted by Crippen LogP contribution is 2.68. The lowest BCUT2D eigenvalue weighted by atomic mass is 9.47. The molecule has 1 aromatic carbocycles. The number of likely N-dealkylation sites (N-methyl/N-ethyl adjacent to an activating group) is 1. The summed E-state index contributed by atoms with van der Waals surface area (Å²) in [4.78, 5) is 17.7. The summed E-state index contributed by atoms with van der Waals surface area (Å²) in [7, 11) is 4.32. The normalized spacial score (nSPS) is 42.5. The van der Waals surface area contributed by atoms with E-state index in [1.54, 1.807) is 11.6 Å². The monoisotopic (exact) mass is 478 g/mol. The smallest absolute Gasteiger partial charge is 0.226 e. The lowest BCUT2D eigenvalue weighted by Gasteiger charge is -2.58. The van der Waals surface area contributed by atoms with Crippen LogP contribution < -0.4 is 0 Å². The van der Waals surface area contributed by atoms with E-state index in [-0.39, 0.29) is 24.2 Å². The lowest BCUT2D eigenvalue weighted by Crippen LogP contribution is -2.53. The zero-order chi connectivity index (χ0) is 24.5. The van der Waals surface area contributed by atoms with Crippen molar-refractivity contribution in [2.75, 3.05) is 20.6 Å². The highest BCUT2D eigenvalue weighted by Gasteiger charge is 2.64. The molecule has 3 saturated carbocycles. The van der Waals surface area contributed by atoms with Crippen LogP contribution in [-0.4, -0.2) is 48.4 Å². The molecule has 3 unspecified atom stereocenters. The van der Waals surface area contributed by atoms with Crippen LogP contribution in [0.2, 0.25) is 0 Å². The summed E-state index contributed by atoms with van der Waals surface area (Å²) < 4.78 is 13.6. The molecular weight excluding hydrogens is 435 g/mol. The summed E-state index contributed by atoms with van der Waals surface area (Å²) in [6.07, 6.45) is 13.2. The molecule has 1 saturated heterocycles. The molecule has 190 valence electrons. The average Bonchev–Trinajstić information content (AvgIpc) is 3.31. The van der Waals surface area contributed by atoms with Gasteiger partial charge in [-0.1, -0.05) is 30.7 Å². The molecule has 1 aromatic rings. The van der Waals surface area contributed by atoms with E-state index >= 15 is 0 Å². The van der Waals surface area contributed by atoms with Crippen LogP contribution in [0.15, 0.2) is 35.9 Å². The standard InChI is InChI=1S/C31H43FN2O/c1-20-26-10-11-28-25-9-8-22-18-24(34(4)29(35)17-21-6-5-7-23(32)16-21)12-14-30(22,2)27(25)13-15-31(26,28)19-33(20)3/h5-8,16,20,24-28H,9-15,17-19H2,1-4H3/t20-,24-,25+,26?,27?,28?,30-,31-/m0/s1. The van der Waals surface area contributed by atoms with Crippen molar-refractivity contribution in [3.8, 4) is 0 Å². The third kappa shape index (κ3) is 3.56. The van der Waals surface area contributed by atoms with E-state index in [4.69, 9.17) is 0 Å². The minimum Gasteiger partial charge on any atom is -0.342 e. The highest BCUT2D eigenvalue weighted by atomic mass is 19.1. The van der Waals surface area contributed by atoms with Gasteiger partial charge in [0.2, 0.25) is 5.91 Å². The third-order valence-corrected chi connectivity index (χ3v) is 11.9. The van der Waals surface area contributed by atoms with E-state index in [0.717, 1.165) is 48.1 Å². The second-order valence-corrected chi connectivity index (χ2v) is 13.1. The van der Waals surface area contributed by atoms with Crippen molar-refractivity contribution in [1.82, 2.24) is 9.80 Å². The van der Waals surface area contributed by atoms with Gasteiger partial charge in [0.05, 0.1) is 6.42 Å². The van der Waals surface area contributed by atoms with E-state index < -0.39 is 0 Å². The quantitative estimate of drug-likeness (QED) is 0.491. The third-order valence-electron chi connectivity index (χ3n) is 11.9. The first-order valence-electron chi connectivity index (χ1n) is 14.1. The van der Waals surface area contributed by atoms with Crippen molar-refractivity contribution in [2.45, 2.75) is 83.7 Å². The molecule has 1 aliphatic heterocycles. The van der Waals surface area contributed by atoms with Crippen LogP contribution in [0.3, 0.4) is 0 Å². The highest BCUT2D eigenvalue weighted by molar-refractivity contribution is 5.78. The number of benzene rings is 1. The molecule has 4 aliphatic carbocycles. The van der Waals surface area contributed by atoms with Gasteiger partial charge in [-0.05, 0) is 118 Å². The van der Waals surface area contributed by atoms with Crippen molar-refractivity contribution in [3.05, 3.63) is 47.3 Å². The number of amides is 1. The molecule has 1 spiro atoms. The van der Waals surface area contributed by atoms with Crippen LogP contribution in [0, 0.1) is 40.3 Å². The van der Waals surface area contributed by atoms with Crippen LogP contribution in [0.1, 0.15) is 70.8 Å². The minimum absolute atomic E-state index is 0.106. The van der Waals surface area contributed by atoms with Crippen molar-refractivity contribution < 1.29 is 9.18 Å². The molecule has 0 aromatic heterocycles. The van der Waals surface area contributed by atoms with Crippen LogP contribution >= 0.6 is 0 Å². The van der Waals surface area contributed by atoms with Crippen molar-refractivity contribution in [3.63, 3.8) is 0 Å². The Morgan fingerprint density at radius 3 is 2.74 bits per heavy atom. The first-order chi connectivity index (χ1) is 16.7. The fourth-order valence-electron chi connectivity index (χ4n) is 9.92. The molecule has 0 bridgehead atoms. The Labute approximate surface area is 211 Å². The van der Waals surface area contributed by atoms with Gasteiger partial charge in [-0.2, -0.15) is 0 Å². The zero-order valence-corrected chi connectivity index (χ0v) is 22.1. The number of allylic oxidation sites excluding steroid dienone is 1. The Kier molecular flexibility index (Phi) is 5.71. The number of hydrogen-bond donors (Lipinski definition) is 0. The van der Waals surface area contributed by atoms with Gasteiger partial charge in [-0.3, -0.25) is 4.79 Å². The van der Waals surface area contributed by atoms with Crippen molar-refractivity contribution in [1.29, 1.82) is 0 Å². The molecule has 1 heterocycles. The molecule has 3 nitrogen and oxygen atoms in total. The van der Waals surface area contributed by atoms with Gasteiger partial charge in [0.15, 0.2) is 0 Å². The van der Waals surface area contributed by atoms with E-state index in [1.165, 1.54) is 57.2 Å². The van der Waals surface area contributed by atoms with E-state index in [9.17, 15) is 9.18 Å². The van der Waals surface area contributed by atoms with Gasteiger partial charge >= 0.3 is 0 Å². The second-order valence-electron chi connectivity index (χ2n) is 13.1. The van der Waals surface area contributed by atoms with Gasteiger partial charge in [0.25, 0.3) is 0 Å². The van der Waals surface area contributed by atoms with Gasteiger partial charge in [0, 0.05) is 25.7 Å². The van der Waals surface area contributed by atoms with E-state index in [2.05, 4.69) is 31.9 Å². The summed E-state index contributed by atoms with van der Waals surface area (Å²) in [5.41, 5.74) is 3.28. The number of rotatable bonds is 3. The van der Waals surface area contributed by atoms with Gasteiger partial charge in [0.1, 0.15) is 5.82 Å². The van der Waals surface area contributed by atoms with E-state index in [0.29, 0.717) is 10.8 Å². The Bertz CT molecular complexity index is 1040. The first kappa shape index (κ1) is 23.7. The number of hydrogen-bond acceptors (Lipinski definition) is 2. The fourth-order valence-corrected chi connectivity index (χ4v) is 9.92. The average molecular weight is 479 g/mol. The second kappa shape index (κ2) is 8.43. The summed E-state index contributed by atoms with van der Waals surface area (Å²) in [5, 5.41) is 0. The Morgan fingerprint density at radius 1 is 1.14 bits per heavy atom. The predicted octanol–water partition coefficient (Wildman–Crippen LogP) is 6.09. The summed E-state index contributed by atoms with van der Waals surface area (Å²) in [6.45, 7) is 6.36.